The number of carbonyl (C=O) groups excluding carboxylic acids is 2. The van der Waals surface area contributed by atoms with Gasteiger partial charge in [-0.3, -0.25) is 9.59 Å². The van der Waals surface area contributed by atoms with Crippen molar-refractivity contribution in [3.05, 3.63) is 0 Å². The Bertz CT molecular complexity index is 780. The second-order valence-corrected chi connectivity index (χ2v) is 12.1. The summed E-state index contributed by atoms with van der Waals surface area (Å²) >= 11 is 0. The van der Waals surface area contributed by atoms with Crippen molar-refractivity contribution in [3.63, 3.8) is 0 Å². The summed E-state index contributed by atoms with van der Waals surface area (Å²) in [4.78, 5) is 50.6. The van der Waals surface area contributed by atoms with Crippen molar-refractivity contribution in [2.24, 2.45) is 28.1 Å². The van der Waals surface area contributed by atoms with Crippen LogP contribution in [0, 0.1) is 28.1 Å². The summed E-state index contributed by atoms with van der Waals surface area (Å²) < 4.78 is 21.3. The third-order valence-corrected chi connectivity index (χ3v) is 7.52. The second-order valence-electron chi connectivity index (χ2n) is 12.1. The molecule has 4 rings (SSSR count). The number of rotatable bonds is 6. The Morgan fingerprint density at radius 3 is 1.29 bits per heavy atom. The third kappa shape index (κ3) is 4.43. The van der Waals surface area contributed by atoms with Crippen molar-refractivity contribution in [2.45, 2.75) is 84.8 Å². The summed E-state index contributed by atoms with van der Waals surface area (Å²) in [6.07, 6.45) is -0.420. The van der Waals surface area contributed by atoms with E-state index in [1.807, 2.05) is 0 Å². The molecule has 0 amide bonds. The van der Waals surface area contributed by atoms with Crippen LogP contribution in [0.3, 0.4) is 0 Å². The molecule has 10 heteroatoms. The zero-order chi connectivity index (χ0) is 25.7. The van der Waals surface area contributed by atoms with E-state index >= 15 is 0 Å². The maximum Gasteiger partial charge on any atom is 0.508 e. The van der Waals surface area contributed by atoms with Gasteiger partial charge in [0.1, 0.15) is 24.4 Å². The van der Waals surface area contributed by atoms with Crippen molar-refractivity contribution in [2.75, 3.05) is 13.2 Å². The van der Waals surface area contributed by atoms with Crippen molar-refractivity contribution < 1.29 is 48.3 Å². The van der Waals surface area contributed by atoms with E-state index in [9.17, 15) is 29.4 Å². The summed E-state index contributed by atoms with van der Waals surface area (Å²) in [6, 6.07) is 0. The van der Waals surface area contributed by atoms with Crippen LogP contribution in [-0.2, 0) is 28.5 Å². The molecule has 0 heterocycles. The first-order chi connectivity index (χ1) is 15.5. The van der Waals surface area contributed by atoms with Crippen LogP contribution in [0.2, 0.25) is 0 Å². The van der Waals surface area contributed by atoms with Gasteiger partial charge in [-0.15, -0.1) is 0 Å². The summed E-state index contributed by atoms with van der Waals surface area (Å²) in [5.41, 5.74) is -6.51. The van der Waals surface area contributed by atoms with Gasteiger partial charge >= 0.3 is 24.2 Å². The number of aliphatic carboxylic acids is 2. The molecule has 4 bridgehead atoms. The quantitative estimate of drug-likeness (QED) is 0.525. The molecule has 4 aliphatic carbocycles. The molecule has 4 fully saturated rings. The number of ether oxygens (including phenoxy) is 4. The largest absolute Gasteiger partial charge is 0.508 e. The Kier molecular flexibility index (Phi) is 6.37. The lowest BCUT2D eigenvalue weighted by Crippen LogP contribution is -2.73. The molecule has 2 N–H and O–H groups in total. The fourth-order valence-corrected chi connectivity index (χ4v) is 6.60. The van der Waals surface area contributed by atoms with E-state index in [0.717, 1.165) is 6.42 Å². The Morgan fingerprint density at radius 2 is 1.03 bits per heavy atom. The summed E-state index contributed by atoms with van der Waals surface area (Å²) in [7, 11) is 0. The highest BCUT2D eigenvalue weighted by Gasteiger charge is 2.78. The Morgan fingerprint density at radius 1 is 0.706 bits per heavy atom. The van der Waals surface area contributed by atoms with Gasteiger partial charge in [-0.05, 0) is 85.5 Å². The molecule has 0 saturated heterocycles. The van der Waals surface area contributed by atoms with E-state index in [-0.39, 0.29) is 37.5 Å². The highest BCUT2D eigenvalue weighted by atomic mass is 16.7. The van der Waals surface area contributed by atoms with Gasteiger partial charge in [-0.25, -0.2) is 9.59 Å². The molecule has 0 aromatic rings. The maximum atomic E-state index is 12.8. The Labute approximate surface area is 199 Å². The van der Waals surface area contributed by atoms with Crippen LogP contribution in [0.1, 0.15) is 73.6 Å². The average Bonchev–Trinajstić information content (AvgIpc) is 2.63. The summed E-state index contributed by atoms with van der Waals surface area (Å²) in [5.74, 6) is -2.52. The maximum absolute atomic E-state index is 12.8. The highest BCUT2D eigenvalue weighted by molar-refractivity contribution is 5.84. The zero-order valence-electron chi connectivity index (χ0n) is 20.8. The van der Waals surface area contributed by atoms with E-state index in [1.54, 1.807) is 41.5 Å². The Hall–Kier alpha value is -2.52. The zero-order valence-corrected chi connectivity index (χ0v) is 20.8. The molecule has 0 aromatic heterocycles. The van der Waals surface area contributed by atoms with Crippen LogP contribution in [0.5, 0.6) is 0 Å². The van der Waals surface area contributed by atoms with Gasteiger partial charge < -0.3 is 29.2 Å². The number of carbonyl (C=O) groups is 4. The van der Waals surface area contributed by atoms with Crippen LogP contribution < -0.4 is 0 Å². The van der Waals surface area contributed by atoms with E-state index in [1.165, 1.54) is 0 Å². The molecule has 34 heavy (non-hydrogen) atoms. The molecule has 0 aliphatic heterocycles. The van der Waals surface area contributed by atoms with Crippen molar-refractivity contribution in [1.29, 1.82) is 0 Å². The summed E-state index contributed by atoms with van der Waals surface area (Å²) in [6.45, 7) is 8.76. The van der Waals surface area contributed by atoms with Crippen molar-refractivity contribution in [1.82, 2.24) is 0 Å². The van der Waals surface area contributed by atoms with Crippen LogP contribution in [-0.4, -0.2) is 58.9 Å². The topological polar surface area (TPSA) is 146 Å². The molecule has 0 radical (unpaired) electrons. The molecule has 0 atom stereocenters. The fourth-order valence-electron chi connectivity index (χ4n) is 6.60. The van der Waals surface area contributed by atoms with E-state index < -0.39 is 64.9 Å². The standard InChI is InChI=1S/C24H36O10/c1-20(2,3)33-18(29)31-12-24(13-32-19(30)34-21(4,5)6)22(16(25)26)8-14-7-15(10-22)11-23(24,9-14)17(27)28/h14-15H,7-13H2,1-6H3,(H,25,26)(H,27,28). The van der Waals surface area contributed by atoms with Gasteiger partial charge in [0.25, 0.3) is 0 Å². The van der Waals surface area contributed by atoms with Crippen molar-refractivity contribution in [3.8, 4) is 0 Å². The number of hydrogen-bond donors (Lipinski definition) is 2. The monoisotopic (exact) mass is 484 g/mol. The number of carboxylic acid groups (broad SMARTS) is 2. The first kappa shape index (κ1) is 26.1. The van der Waals surface area contributed by atoms with E-state index in [4.69, 9.17) is 18.9 Å². The fraction of sp³-hybridized carbons (Fsp3) is 0.833. The van der Waals surface area contributed by atoms with Crippen LogP contribution in [0.4, 0.5) is 9.59 Å². The SMILES string of the molecule is CC(C)(C)OC(=O)OCC1(COC(=O)OC(C)(C)C)C2(C(=O)O)CC3CC(C2)CC1(C(=O)O)C3. The Balaban J connectivity index is 2.05. The number of carboxylic acids is 2. The van der Waals surface area contributed by atoms with E-state index in [2.05, 4.69) is 0 Å². The molecular formula is C24H36O10. The van der Waals surface area contributed by atoms with Crippen LogP contribution >= 0.6 is 0 Å². The molecule has 192 valence electrons. The minimum atomic E-state index is -1.70. The molecule has 4 aliphatic rings. The predicted molar refractivity (Wildman–Crippen MR) is 117 cm³/mol. The second kappa shape index (κ2) is 8.30. The molecule has 0 aromatic carbocycles. The lowest BCUT2D eigenvalue weighted by molar-refractivity contribution is -0.264. The third-order valence-electron chi connectivity index (χ3n) is 7.52. The van der Waals surface area contributed by atoms with Gasteiger partial charge in [0.2, 0.25) is 0 Å². The number of hydrogen-bond acceptors (Lipinski definition) is 8. The lowest BCUT2D eigenvalue weighted by atomic mass is 9.33. The molecule has 0 spiro atoms. The lowest BCUT2D eigenvalue weighted by Gasteiger charge is -2.68. The minimum Gasteiger partial charge on any atom is -0.481 e. The van der Waals surface area contributed by atoms with Gasteiger partial charge in [-0.1, -0.05) is 0 Å². The van der Waals surface area contributed by atoms with Gasteiger partial charge in [0.15, 0.2) is 0 Å². The first-order valence-electron chi connectivity index (χ1n) is 11.6. The normalized spacial score (nSPS) is 31.5. The van der Waals surface area contributed by atoms with Crippen molar-refractivity contribution >= 4 is 24.2 Å². The predicted octanol–water partition coefficient (Wildman–Crippen LogP) is 4.24. The molecular weight excluding hydrogens is 448 g/mol. The average molecular weight is 485 g/mol. The smallest absolute Gasteiger partial charge is 0.481 e. The van der Waals surface area contributed by atoms with Gasteiger partial charge in [0.05, 0.1) is 16.2 Å². The highest BCUT2D eigenvalue weighted by Crippen LogP contribution is 2.74. The molecule has 0 unspecified atom stereocenters. The molecule has 10 nitrogen and oxygen atoms in total. The van der Waals surface area contributed by atoms with E-state index in [0.29, 0.717) is 0 Å². The van der Waals surface area contributed by atoms with Gasteiger partial charge in [-0.2, -0.15) is 0 Å². The minimum absolute atomic E-state index is 0.0871. The molecule has 4 saturated carbocycles. The first-order valence-corrected chi connectivity index (χ1v) is 11.6. The van der Waals surface area contributed by atoms with Crippen LogP contribution in [0.15, 0.2) is 0 Å². The van der Waals surface area contributed by atoms with Crippen LogP contribution in [0.25, 0.3) is 0 Å². The summed E-state index contributed by atoms with van der Waals surface area (Å²) in [5, 5.41) is 21.0. The van der Waals surface area contributed by atoms with Gasteiger partial charge in [0, 0.05) is 0 Å².